The Bertz CT molecular complexity index is 598. The summed E-state index contributed by atoms with van der Waals surface area (Å²) in [6.07, 6.45) is -1.96. The van der Waals surface area contributed by atoms with E-state index in [1.54, 1.807) is 6.92 Å². The quantitative estimate of drug-likeness (QED) is 0.494. The number of amides is 2. The topological polar surface area (TPSA) is 70.6 Å². The first-order chi connectivity index (χ1) is 10.7. The fourth-order valence-electron chi connectivity index (χ4n) is 1.65. The van der Waals surface area contributed by atoms with Crippen molar-refractivity contribution in [2.75, 3.05) is 5.32 Å². The highest BCUT2D eigenvalue weighted by Gasteiger charge is 2.30. The number of hydrogen-bond donors (Lipinski definition) is 2. The molecule has 0 bridgehead atoms. The summed E-state index contributed by atoms with van der Waals surface area (Å²) in [5, 5.41) is 5.86. The third kappa shape index (κ3) is 6.50. The number of halogens is 3. The van der Waals surface area contributed by atoms with Crippen LogP contribution in [-0.4, -0.2) is 17.5 Å². The Hall–Kier alpha value is -2.38. The molecule has 0 saturated carbocycles. The highest BCUT2D eigenvalue weighted by Crippen LogP contribution is 2.30. The Morgan fingerprint density at radius 3 is 2.52 bits per heavy atom. The maximum absolute atomic E-state index is 12.6. The maximum atomic E-state index is 12.6. The van der Waals surface area contributed by atoms with Crippen molar-refractivity contribution in [3.8, 4) is 0 Å². The van der Waals surface area contributed by atoms with Gasteiger partial charge in [-0.25, -0.2) is 5.43 Å². The van der Waals surface area contributed by atoms with Crippen molar-refractivity contribution in [3.63, 3.8) is 0 Å². The monoisotopic (exact) mass is 329 g/mol. The van der Waals surface area contributed by atoms with E-state index in [9.17, 15) is 22.8 Å². The van der Waals surface area contributed by atoms with Crippen LogP contribution in [-0.2, 0) is 15.8 Å². The van der Waals surface area contributed by atoms with Crippen molar-refractivity contribution < 1.29 is 22.8 Å². The first-order valence-corrected chi connectivity index (χ1v) is 7.05. The van der Waals surface area contributed by atoms with E-state index in [-0.39, 0.29) is 5.69 Å². The number of anilines is 1. The summed E-state index contributed by atoms with van der Waals surface area (Å²) in [5.74, 6) is -2.13. The molecular weight excluding hydrogens is 311 g/mol. The molecule has 2 N–H and O–H groups in total. The molecule has 0 spiro atoms. The lowest BCUT2D eigenvalue weighted by Crippen LogP contribution is -2.32. The Balaban J connectivity index is 2.64. The number of rotatable bonds is 5. The molecule has 8 heteroatoms. The second-order valence-electron chi connectivity index (χ2n) is 4.92. The fourth-order valence-corrected chi connectivity index (χ4v) is 1.65. The predicted molar refractivity (Wildman–Crippen MR) is 80.9 cm³/mol. The van der Waals surface area contributed by atoms with Crippen LogP contribution in [0.3, 0.4) is 0 Å². The second-order valence-corrected chi connectivity index (χ2v) is 4.92. The van der Waals surface area contributed by atoms with Gasteiger partial charge in [-0.15, -0.1) is 0 Å². The molecule has 2 amide bonds. The smallest absolute Gasteiger partial charge is 0.318 e. The normalized spacial score (nSPS) is 12.0. The number of unbranched alkanes of at least 4 members (excludes halogenated alkanes) is 1. The van der Waals surface area contributed by atoms with Gasteiger partial charge in [0, 0.05) is 11.4 Å². The van der Waals surface area contributed by atoms with Crippen LogP contribution in [0, 0.1) is 0 Å². The van der Waals surface area contributed by atoms with Crippen LogP contribution in [0.15, 0.2) is 29.4 Å². The van der Waals surface area contributed by atoms with Crippen LogP contribution in [0.5, 0.6) is 0 Å². The highest BCUT2D eigenvalue weighted by molar-refractivity contribution is 6.39. The summed E-state index contributed by atoms with van der Waals surface area (Å²) in [6.45, 7) is 3.72. The van der Waals surface area contributed by atoms with E-state index in [4.69, 9.17) is 0 Å². The van der Waals surface area contributed by atoms with Crippen molar-refractivity contribution in [3.05, 3.63) is 29.8 Å². The SMILES string of the molecule is CCCC/C(C)=N/NC(=O)C(=O)Nc1cccc(C(F)(F)F)c1. The van der Waals surface area contributed by atoms with E-state index in [1.165, 1.54) is 6.07 Å². The molecule has 0 aliphatic carbocycles. The summed E-state index contributed by atoms with van der Waals surface area (Å²) in [7, 11) is 0. The van der Waals surface area contributed by atoms with Crippen molar-refractivity contribution in [1.29, 1.82) is 0 Å². The summed E-state index contributed by atoms with van der Waals surface area (Å²) in [5.41, 5.74) is 1.70. The number of nitrogens with zero attached hydrogens (tertiary/aromatic N) is 1. The second kappa shape index (κ2) is 8.30. The van der Waals surface area contributed by atoms with Crippen LogP contribution >= 0.6 is 0 Å². The first-order valence-electron chi connectivity index (χ1n) is 7.05. The van der Waals surface area contributed by atoms with Gasteiger partial charge in [0.1, 0.15) is 0 Å². The molecule has 0 aliphatic heterocycles. The summed E-state index contributed by atoms with van der Waals surface area (Å²) >= 11 is 0. The Morgan fingerprint density at radius 2 is 1.91 bits per heavy atom. The van der Waals surface area contributed by atoms with Gasteiger partial charge >= 0.3 is 18.0 Å². The van der Waals surface area contributed by atoms with Gasteiger partial charge in [-0.05, 0) is 38.0 Å². The number of benzene rings is 1. The average Bonchev–Trinajstić information content (AvgIpc) is 2.49. The van der Waals surface area contributed by atoms with Crippen molar-refractivity contribution in [1.82, 2.24) is 5.43 Å². The summed E-state index contributed by atoms with van der Waals surface area (Å²) in [6, 6.07) is 4.03. The van der Waals surface area contributed by atoms with E-state index in [2.05, 4.69) is 15.8 Å². The molecule has 0 heterocycles. The molecule has 126 valence electrons. The van der Waals surface area contributed by atoms with Crippen molar-refractivity contribution >= 4 is 23.2 Å². The minimum absolute atomic E-state index is 0.119. The van der Waals surface area contributed by atoms with Gasteiger partial charge < -0.3 is 5.32 Å². The number of hydrogen-bond acceptors (Lipinski definition) is 3. The first kappa shape index (κ1) is 18.7. The third-order valence-electron chi connectivity index (χ3n) is 2.89. The van der Waals surface area contributed by atoms with Crippen LogP contribution in [0.4, 0.5) is 18.9 Å². The van der Waals surface area contributed by atoms with Crippen molar-refractivity contribution in [2.45, 2.75) is 39.3 Å². The van der Waals surface area contributed by atoms with E-state index in [1.807, 2.05) is 6.92 Å². The maximum Gasteiger partial charge on any atom is 0.416 e. The van der Waals surface area contributed by atoms with Gasteiger partial charge in [-0.3, -0.25) is 9.59 Å². The molecule has 0 fully saturated rings. The van der Waals surface area contributed by atoms with Gasteiger partial charge in [0.05, 0.1) is 5.56 Å². The number of carbonyl (C=O) groups is 2. The predicted octanol–water partition coefficient (Wildman–Crippen LogP) is 3.33. The average molecular weight is 329 g/mol. The molecule has 0 aliphatic rings. The molecular formula is C15H18F3N3O2. The van der Waals surface area contributed by atoms with Crippen LogP contribution in [0.25, 0.3) is 0 Å². The number of hydrazone groups is 1. The molecule has 0 saturated heterocycles. The van der Waals surface area contributed by atoms with Crippen LogP contribution < -0.4 is 10.7 Å². The molecule has 0 aromatic heterocycles. The zero-order chi connectivity index (χ0) is 17.5. The van der Waals surface area contributed by atoms with Gasteiger partial charge in [0.2, 0.25) is 0 Å². The lowest BCUT2D eigenvalue weighted by molar-refractivity contribution is -0.137. The number of nitrogens with one attached hydrogen (secondary N) is 2. The highest BCUT2D eigenvalue weighted by atomic mass is 19.4. The van der Waals surface area contributed by atoms with Gasteiger partial charge in [-0.1, -0.05) is 19.4 Å². The standard InChI is InChI=1S/C15H18F3N3O2/c1-3-4-6-10(2)20-21-14(23)13(22)19-12-8-5-7-11(9-12)15(16,17)18/h5,7-9H,3-4,6H2,1-2H3,(H,19,22)(H,21,23)/b20-10+. The van der Waals surface area contributed by atoms with Crippen LogP contribution in [0.1, 0.15) is 38.7 Å². The molecule has 1 aromatic rings. The van der Waals surface area contributed by atoms with Gasteiger partial charge in [0.25, 0.3) is 0 Å². The number of alkyl halides is 3. The minimum atomic E-state index is -4.52. The van der Waals surface area contributed by atoms with Crippen LogP contribution in [0.2, 0.25) is 0 Å². The van der Waals surface area contributed by atoms with E-state index in [0.29, 0.717) is 12.1 Å². The molecule has 0 atom stereocenters. The molecule has 23 heavy (non-hydrogen) atoms. The Kier molecular flexibility index (Phi) is 6.74. The summed E-state index contributed by atoms with van der Waals surface area (Å²) < 4.78 is 37.7. The molecule has 0 radical (unpaired) electrons. The molecule has 1 aromatic carbocycles. The van der Waals surface area contributed by atoms with E-state index < -0.39 is 23.6 Å². The fraction of sp³-hybridized carbons (Fsp3) is 0.400. The minimum Gasteiger partial charge on any atom is -0.318 e. The molecule has 5 nitrogen and oxygen atoms in total. The van der Waals surface area contributed by atoms with Gasteiger partial charge in [-0.2, -0.15) is 18.3 Å². The summed E-state index contributed by atoms with van der Waals surface area (Å²) in [4.78, 5) is 23.2. The lowest BCUT2D eigenvalue weighted by Gasteiger charge is -2.09. The molecule has 1 rings (SSSR count). The largest absolute Gasteiger partial charge is 0.416 e. The van der Waals surface area contributed by atoms with Gasteiger partial charge in [0.15, 0.2) is 0 Å². The van der Waals surface area contributed by atoms with Crippen molar-refractivity contribution in [2.24, 2.45) is 5.10 Å². The Labute approximate surface area is 132 Å². The van der Waals surface area contributed by atoms with E-state index in [0.717, 1.165) is 31.0 Å². The molecule has 0 unspecified atom stereocenters. The van der Waals surface area contributed by atoms with E-state index >= 15 is 0 Å². The third-order valence-corrected chi connectivity index (χ3v) is 2.89. The zero-order valence-electron chi connectivity index (χ0n) is 12.8. The zero-order valence-corrected chi connectivity index (χ0v) is 12.8. The Morgan fingerprint density at radius 1 is 1.22 bits per heavy atom. The lowest BCUT2D eigenvalue weighted by atomic mass is 10.2. The number of carbonyl (C=O) groups excluding carboxylic acids is 2.